The molecule has 1 aliphatic carbocycles. The molecule has 2 unspecified atom stereocenters. The smallest absolute Gasteiger partial charge is 0.137 e. The van der Waals surface area contributed by atoms with Gasteiger partial charge in [-0.15, -0.1) is 0 Å². The van der Waals surface area contributed by atoms with Crippen molar-refractivity contribution in [1.29, 1.82) is 0 Å². The molecule has 3 N–H and O–H groups in total. The predicted octanol–water partition coefficient (Wildman–Crippen LogP) is 2.41. The fraction of sp³-hybridized carbons (Fsp3) is 0.421. The Morgan fingerprint density at radius 2 is 2.00 bits per heavy atom. The summed E-state index contributed by atoms with van der Waals surface area (Å²) in [6.45, 7) is 1.71. The van der Waals surface area contributed by atoms with E-state index in [1.807, 2.05) is 36.4 Å². The van der Waals surface area contributed by atoms with Crippen LogP contribution in [0.25, 0.3) is 0 Å². The second-order valence-corrected chi connectivity index (χ2v) is 7.19. The normalized spacial score (nSPS) is 25.9. The lowest BCUT2D eigenvalue weighted by atomic mass is 9.86. The maximum Gasteiger partial charge on any atom is 0.137 e. The summed E-state index contributed by atoms with van der Waals surface area (Å²) in [5.41, 5.74) is 0.766. The number of aliphatic hydroxyl groups excluding tert-OH is 2. The van der Waals surface area contributed by atoms with E-state index < -0.39 is 12.2 Å². The number of hydrogen-bond donors (Lipinski definition) is 3. The molecule has 1 aromatic heterocycles. The maximum atomic E-state index is 10.0. The van der Waals surface area contributed by atoms with Gasteiger partial charge >= 0.3 is 0 Å². The molecule has 0 bridgehead atoms. The van der Waals surface area contributed by atoms with Gasteiger partial charge in [0, 0.05) is 29.7 Å². The molecule has 0 saturated heterocycles. The van der Waals surface area contributed by atoms with Gasteiger partial charge < -0.3 is 20.3 Å². The fourth-order valence-corrected chi connectivity index (χ4v) is 3.56. The molecule has 25 heavy (non-hydrogen) atoms. The van der Waals surface area contributed by atoms with Crippen LogP contribution < -0.4 is 10.1 Å². The minimum absolute atomic E-state index is 0.326. The Morgan fingerprint density at radius 1 is 1.20 bits per heavy atom. The third kappa shape index (κ3) is 4.92. The minimum atomic E-state index is -0.717. The van der Waals surface area contributed by atoms with Gasteiger partial charge in [-0.2, -0.15) is 0 Å². The Bertz CT molecular complexity index is 673. The zero-order valence-corrected chi connectivity index (χ0v) is 14.7. The van der Waals surface area contributed by atoms with Crippen molar-refractivity contribution in [3.8, 4) is 5.75 Å². The fourth-order valence-electron chi connectivity index (χ4n) is 3.34. The number of hydrogen-bond acceptors (Lipinski definition) is 5. The molecule has 0 spiro atoms. The number of ether oxygens (including phenoxy) is 1. The molecule has 3 rings (SSSR count). The van der Waals surface area contributed by atoms with Gasteiger partial charge in [-0.25, -0.2) is 0 Å². The maximum absolute atomic E-state index is 10.0. The van der Waals surface area contributed by atoms with Crippen molar-refractivity contribution in [2.45, 2.75) is 31.6 Å². The van der Waals surface area contributed by atoms with Gasteiger partial charge in [-0.1, -0.05) is 23.7 Å². The van der Waals surface area contributed by atoms with Gasteiger partial charge in [0.2, 0.25) is 0 Å². The molecular weight excluding hydrogens is 340 g/mol. The van der Waals surface area contributed by atoms with E-state index in [2.05, 4.69) is 10.3 Å². The van der Waals surface area contributed by atoms with Crippen LogP contribution in [0.3, 0.4) is 0 Å². The van der Waals surface area contributed by atoms with E-state index in [1.165, 1.54) is 0 Å². The lowest BCUT2D eigenvalue weighted by molar-refractivity contribution is 0.0438. The number of nitrogens with one attached hydrogen (secondary N) is 1. The Hall–Kier alpha value is -1.66. The number of pyridine rings is 1. The SMILES string of the molecule is OC1CC(CNCc2cccc(Cl)c2)(COc2cccnc2)CC1O. The topological polar surface area (TPSA) is 74.6 Å². The van der Waals surface area contributed by atoms with E-state index >= 15 is 0 Å². The molecule has 1 aromatic carbocycles. The van der Waals surface area contributed by atoms with Crippen LogP contribution in [0.15, 0.2) is 48.8 Å². The third-order valence-electron chi connectivity index (χ3n) is 4.63. The van der Waals surface area contributed by atoms with Crippen molar-refractivity contribution >= 4 is 11.6 Å². The van der Waals surface area contributed by atoms with Gasteiger partial charge in [0.05, 0.1) is 25.0 Å². The van der Waals surface area contributed by atoms with Crippen LogP contribution in [-0.2, 0) is 6.54 Å². The highest BCUT2D eigenvalue weighted by atomic mass is 35.5. The van der Waals surface area contributed by atoms with Crippen molar-refractivity contribution in [3.63, 3.8) is 0 Å². The molecule has 2 atom stereocenters. The highest BCUT2D eigenvalue weighted by Gasteiger charge is 2.44. The highest BCUT2D eigenvalue weighted by Crippen LogP contribution is 2.38. The van der Waals surface area contributed by atoms with Crippen LogP contribution in [0.2, 0.25) is 5.02 Å². The first kappa shape index (κ1) is 18.1. The second-order valence-electron chi connectivity index (χ2n) is 6.75. The largest absolute Gasteiger partial charge is 0.491 e. The molecular formula is C19H23ClN2O3. The Morgan fingerprint density at radius 3 is 2.68 bits per heavy atom. The van der Waals surface area contributed by atoms with Gasteiger partial charge in [-0.3, -0.25) is 4.98 Å². The minimum Gasteiger partial charge on any atom is -0.491 e. The molecule has 6 heteroatoms. The summed E-state index contributed by atoms with van der Waals surface area (Å²) in [6.07, 6.45) is 2.91. The van der Waals surface area contributed by atoms with Crippen LogP contribution >= 0.6 is 11.6 Å². The number of benzene rings is 1. The van der Waals surface area contributed by atoms with Crippen molar-refractivity contribution in [3.05, 3.63) is 59.4 Å². The first-order chi connectivity index (χ1) is 12.1. The van der Waals surface area contributed by atoms with Crippen LogP contribution in [0.5, 0.6) is 5.75 Å². The van der Waals surface area contributed by atoms with E-state index in [9.17, 15) is 10.2 Å². The Kier molecular flexibility index (Phi) is 5.91. The lowest BCUT2D eigenvalue weighted by Gasteiger charge is -2.29. The first-order valence-corrected chi connectivity index (χ1v) is 8.78. The highest BCUT2D eigenvalue weighted by molar-refractivity contribution is 6.30. The summed E-state index contributed by atoms with van der Waals surface area (Å²) in [7, 11) is 0. The molecule has 1 heterocycles. The van der Waals surface area contributed by atoms with Gasteiger partial charge in [0.25, 0.3) is 0 Å². The number of aliphatic hydroxyl groups is 2. The third-order valence-corrected chi connectivity index (χ3v) is 4.86. The van der Waals surface area contributed by atoms with E-state index in [1.54, 1.807) is 12.4 Å². The first-order valence-electron chi connectivity index (χ1n) is 8.40. The van der Waals surface area contributed by atoms with Crippen molar-refractivity contribution in [2.24, 2.45) is 5.41 Å². The summed E-state index contributed by atoms with van der Waals surface area (Å²) < 4.78 is 5.87. The summed E-state index contributed by atoms with van der Waals surface area (Å²) >= 11 is 6.01. The Labute approximate surface area is 152 Å². The predicted molar refractivity (Wildman–Crippen MR) is 96.6 cm³/mol. The molecule has 2 aromatic rings. The van der Waals surface area contributed by atoms with Gasteiger partial charge in [0.1, 0.15) is 5.75 Å². The lowest BCUT2D eigenvalue weighted by Crippen LogP contribution is -2.38. The summed E-state index contributed by atoms with van der Waals surface area (Å²) in [5, 5.41) is 24.2. The molecule has 5 nitrogen and oxygen atoms in total. The molecule has 134 valence electrons. The van der Waals surface area contributed by atoms with Crippen molar-refractivity contribution in [1.82, 2.24) is 10.3 Å². The number of nitrogens with zero attached hydrogens (tertiary/aromatic N) is 1. The summed E-state index contributed by atoms with van der Waals surface area (Å²) in [4.78, 5) is 4.04. The molecule has 0 amide bonds. The quantitative estimate of drug-likeness (QED) is 0.705. The van der Waals surface area contributed by atoms with Gasteiger partial charge in [-0.05, 0) is 42.7 Å². The molecule has 1 aliphatic rings. The van der Waals surface area contributed by atoms with Crippen molar-refractivity contribution in [2.75, 3.05) is 13.2 Å². The second kappa shape index (κ2) is 8.15. The molecule has 1 fully saturated rings. The van der Waals surface area contributed by atoms with Crippen LogP contribution in [0.1, 0.15) is 18.4 Å². The van der Waals surface area contributed by atoms with Crippen LogP contribution in [0, 0.1) is 5.41 Å². The molecule has 0 aliphatic heterocycles. The van der Waals surface area contributed by atoms with Crippen LogP contribution in [-0.4, -0.2) is 40.6 Å². The summed E-state index contributed by atoms with van der Waals surface area (Å²) in [5.74, 6) is 0.688. The number of aromatic nitrogens is 1. The molecule has 0 radical (unpaired) electrons. The van der Waals surface area contributed by atoms with E-state index in [0.29, 0.717) is 43.3 Å². The average molecular weight is 363 g/mol. The monoisotopic (exact) mass is 362 g/mol. The molecule has 1 saturated carbocycles. The van der Waals surface area contributed by atoms with E-state index in [0.717, 1.165) is 5.56 Å². The van der Waals surface area contributed by atoms with E-state index in [-0.39, 0.29) is 5.41 Å². The average Bonchev–Trinajstić information content (AvgIpc) is 2.89. The summed E-state index contributed by atoms with van der Waals surface area (Å²) in [6, 6.07) is 11.4. The van der Waals surface area contributed by atoms with E-state index in [4.69, 9.17) is 16.3 Å². The van der Waals surface area contributed by atoms with Crippen molar-refractivity contribution < 1.29 is 14.9 Å². The number of halogens is 1. The zero-order chi connectivity index (χ0) is 17.7. The Balaban J connectivity index is 1.61. The van der Waals surface area contributed by atoms with Crippen LogP contribution in [0.4, 0.5) is 0 Å². The zero-order valence-electron chi connectivity index (χ0n) is 13.9. The van der Waals surface area contributed by atoms with Gasteiger partial charge in [0.15, 0.2) is 0 Å². The number of rotatable bonds is 7. The standard InChI is InChI=1S/C19H23ClN2O3/c20-15-4-1-3-14(7-15)10-22-12-19(8-17(23)18(24)9-19)13-25-16-5-2-6-21-11-16/h1-7,11,17-18,22-24H,8-10,12-13H2.